The van der Waals surface area contributed by atoms with E-state index in [1.165, 1.54) is 3.57 Å². The molecule has 3 rings (SSSR count). The summed E-state index contributed by atoms with van der Waals surface area (Å²) >= 11 is 2.29. The number of halogens is 1. The van der Waals surface area contributed by atoms with Gasteiger partial charge >= 0.3 is 0 Å². The van der Waals surface area contributed by atoms with Crippen molar-refractivity contribution in [1.82, 2.24) is 9.89 Å². The molecule has 2 aromatic carbocycles. The van der Waals surface area contributed by atoms with Crippen molar-refractivity contribution < 1.29 is 5.11 Å². The van der Waals surface area contributed by atoms with Gasteiger partial charge in [0.25, 0.3) is 0 Å². The third-order valence-electron chi connectivity index (χ3n) is 3.73. The van der Waals surface area contributed by atoms with E-state index in [1.807, 2.05) is 23.8 Å². The average molecular weight is 409 g/mol. The fourth-order valence-corrected chi connectivity index (χ4v) is 3.06. The number of fused-ring (bicyclic) bond motifs is 1. The number of anilines is 1. The van der Waals surface area contributed by atoms with Gasteiger partial charge in [0.1, 0.15) is 11.3 Å². The number of aromatic hydroxyl groups is 1. The number of phenols is 1. The van der Waals surface area contributed by atoms with Gasteiger partial charge in [-0.15, -0.1) is 0 Å². The van der Waals surface area contributed by atoms with Crippen molar-refractivity contribution in [3.63, 3.8) is 0 Å². The number of benzene rings is 2. The molecule has 0 radical (unpaired) electrons. The Labute approximate surface area is 143 Å². The largest absolute Gasteiger partial charge is 0.505 e. The summed E-state index contributed by atoms with van der Waals surface area (Å²) < 4.78 is 1.19. The number of aryl methyl sites for hydroxylation is 1. The van der Waals surface area contributed by atoms with Gasteiger partial charge in [-0.25, -0.2) is 0 Å². The molecule has 116 valence electrons. The molecule has 3 N–H and O–H groups in total. The van der Waals surface area contributed by atoms with Crippen LogP contribution in [0, 0.1) is 10.5 Å². The van der Waals surface area contributed by atoms with E-state index in [4.69, 9.17) is 0 Å². The molecule has 4 nitrogen and oxygen atoms in total. The molecule has 3 aromatic rings. The van der Waals surface area contributed by atoms with Crippen molar-refractivity contribution in [1.29, 1.82) is 0 Å². The number of rotatable bonds is 2. The summed E-state index contributed by atoms with van der Waals surface area (Å²) in [5.74, 6) is 0.305. The second kappa shape index (κ2) is 5.22. The van der Waals surface area contributed by atoms with Gasteiger partial charge in [-0.3, -0.25) is 10.5 Å². The zero-order chi connectivity index (χ0) is 16.1. The topological polar surface area (TPSA) is 53.0 Å². The van der Waals surface area contributed by atoms with Gasteiger partial charge in [0.2, 0.25) is 0 Å². The summed E-state index contributed by atoms with van der Waals surface area (Å²) in [6.07, 6.45) is 0. The number of phenolic OH excluding ortho intramolecular Hbond substituents is 1. The lowest BCUT2D eigenvalue weighted by atomic mass is 9.85. The first kappa shape index (κ1) is 15.3. The summed E-state index contributed by atoms with van der Waals surface area (Å²) in [7, 11) is 0. The normalized spacial score (nSPS) is 12.0. The molecule has 5 heteroatoms. The Morgan fingerprint density at radius 3 is 2.55 bits per heavy atom. The zero-order valence-electron chi connectivity index (χ0n) is 13.2. The molecule has 1 aromatic heterocycles. The van der Waals surface area contributed by atoms with Crippen LogP contribution < -0.4 is 5.43 Å². The molecular formula is C17H20IN3O. The van der Waals surface area contributed by atoms with Crippen molar-refractivity contribution in [3.05, 3.63) is 45.0 Å². The van der Waals surface area contributed by atoms with Crippen LogP contribution in [0.2, 0.25) is 0 Å². The van der Waals surface area contributed by atoms with E-state index in [0.29, 0.717) is 11.4 Å². The minimum absolute atomic E-state index is 0.108. The summed E-state index contributed by atoms with van der Waals surface area (Å²) in [4.78, 5) is 1.83. The number of hydrogen-bond acceptors (Lipinski definition) is 2. The fraction of sp³-hybridized carbons (Fsp3) is 0.294. The maximum atomic E-state index is 10.6. The van der Waals surface area contributed by atoms with Crippen LogP contribution in [-0.2, 0) is 5.41 Å². The predicted molar refractivity (Wildman–Crippen MR) is 99.6 cm³/mol. The van der Waals surface area contributed by atoms with E-state index < -0.39 is 0 Å². The fourth-order valence-electron chi connectivity index (χ4n) is 2.56. The maximum Gasteiger partial charge on any atom is 0.144 e. The Morgan fingerprint density at radius 2 is 1.91 bits per heavy atom. The van der Waals surface area contributed by atoms with Gasteiger partial charge in [-0.05, 0) is 64.8 Å². The molecule has 1 heterocycles. The molecular weight excluding hydrogens is 389 g/mol. The van der Waals surface area contributed by atoms with Gasteiger partial charge < -0.3 is 5.11 Å². The van der Waals surface area contributed by atoms with Gasteiger partial charge in [0.05, 0.1) is 11.2 Å². The maximum absolute atomic E-state index is 10.6. The smallest absolute Gasteiger partial charge is 0.144 e. The number of aromatic nitrogens is 2. The third-order valence-corrected chi connectivity index (χ3v) is 4.40. The van der Waals surface area contributed by atoms with E-state index in [-0.39, 0.29) is 5.41 Å². The lowest BCUT2D eigenvalue weighted by Gasteiger charge is -2.25. The second-order valence-electron chi connectivity index (χ2n) is 6.68. The van der Waals surface area contributed by atoms with Crippen molar-refractivity contribution in [2.75, 3.05) is 5.43 Å². The molecule has 22 heavy (non-hydrogen) atoms. The lowest BCUT2D eigenvalue weighted by molar-refractivity contribution is 0.447. The summed E-state index contributed by atoms with van der Waals surface area (Å²) in [6.45, 7) is 8.35. The minimum atomic E-state index is -0.108. The van der Waals surface area contributed by atoms with Crippen molar-refractivity contribution >= 4 is 39.3 Å². The Kier molecular flexibility index (Phi) is 3.63. The second-order valence-corrected chi connectivity index (χ2v) is 7.92. The average Bonchev–Trinajstić information content (AvgIpc) is 2.38. The van der Waals surface area contributed by atoms with Gasteiger partial charge in [-0.2, -0.15) is 4.79 Å². The summed E-state index contributed by atoms with van der Waals surface area (Å²) in [5, 5.41) is 13.8. The van der Waals surface area contributed by atoms with E-state index in [9.17, 15) is 5.11 Å². The molecule has 0 saturated heterocycles. The van der Waals surface area contributed by atoms with Crippen LogP contribution in [0.3, 0.4) is 0 Å². The lowest BCUT2D eigenvalue weighted by Crippen LogP contribution is -2.20. The van der Waals surface area contributed by atoms with Crippen molar-refractivity contribution in [3.8, 4) is 5.75 Å². The molecule has 0 spiro atoms. The molecule has 0 aliphatic rings. The zero-order valence-corrected chi connectivity index (χ0v) is 15.3. The molecule has 0 amide bonds. The van der Waals surface area contributed by atoms with Gasteiger partial charge in [0.15, 0.2) is 0 Å². The number of nitrogens with zero attached hydrogens (tertiary/aromatic N) is 1. The van der Waals surface area contributed by atoms with Crippen molar-refractivity contribution in [2.24, 2.45) is 0 Å². The molecule has 0 atom stereocenters. The molecule has 0 saturated carbocycles. The van der Waals surface area contributed by atoms with Crippen LogP contribution in [0.4, 0.5) is 5.69 Å². The first-order valence-corrected chi connectivity index (χ1v) is 8.30. The van der Waals surface area contributed by atoms with E-state index in [2.05, 4.69) is 72.1 Å². The van der Waals surface area contributed by atoms with Crippen LogP contribution >= 0.6 is 22.6 Å². The standard InChI is InChI=1S/C17H20IN3O/c1-10-7-12(17(2,3)4)16(22)14(8-10)20-21-15-6-5-11(18)9-13(15)19-21/h5-9,19-20,22H,1-4H3. The Bertz CT molecular complexity index is 840. The van der Waals surface area contributed by atoms with Gasteiger partial charge in [-0.1, -0.05) is 26.8 Å². The highest BCUT2D eigenvalue weighted by Crippen LogP contribution is 2.37. The van der Waals surface area contributed by atoms with Crippen molar-refractivity contribution in [2.45, 2.75) is 33.1 Å². The monoisotopic (exact) mass is 409 g/mol. The summed E-state index contributed by atoms with van der Waals surface area (Å²) in [6, 6.07) is 10.2. The van der Waals surface area contributed by atoms with E-state index in [1.54, 1.807) is 0 Å². The minimum Gasteiger partial charge on any atom is -0.505 e. The molecule has 0 unspecified atom stereocenters. The van der Waals surface area contributed by atoms with Gasteiger partial charge in [0, 0.05) is 9.13 Å². The van der Waals surface area contributed by atoms with Crippen LogP contribution in [0.25, 0.3) is 11.0 Å². The Hall–Kier alpha value is -1.63. The highest BCUT2D eigenvalue weighted by Gasteiger charge is 2.21. The number of aromatic amines is 1. The highest BCUT2D eigenvalue weighted by molar-refractivity contribution is 14.1. The molecule has 0 aliphatic carbocycles. The third kappa shape index (κ3) is 2.69. The SMILES string of the molecule is Cc1cc(Nn2[nH]c3cc(I)ccc32)c(O)c(C(C)(C)C)c1. The first-order chi connectivity index (χ1) is 10.3. The van der Waals surface area contributed by atoms with Crippen LogP contribution in [0.15, 0.2) is 30.3 Å². The Morgan fingerprint density at radius 1 is 1.18 bits per heavy atom. The van der Waals surface area contributed by atoms with Crippen LogP contribution in [0.5, 0.6) is 5.75 Å². The highest BCUT2D eigenvalue weighted by atomic mass is 127. The van der Waals surface area contributed by atoms with Crippen LogP contribution in [-0.4, -0.2) is 15.0 Å². The number of nitrogens with one attached hydrogen (secondary N) is 2. The van der Waals surface area contributed by atoms with Crippen LogP contribution in [0.1, 0.15) is 31.9 Å². The van der Waals surface area contributed by atoms with E-state index >= 15 is 0 Å². The molecule has 0 fully saturated rings. The quantitative estimate of drug-likeness (QED) is 0.422. The van der Waals surface area contributed by atoms with E-state index in [0.717, 1.165) is 22.2 Å². The Balaban J connectivity index is 2.00. The predicted octanol–water partition coefficient (Wildman–Crippen LogP) is 4.76. The number of hydrogen-bond donors (Lipinski definition) is 3. The summed E-state index contributed by atoms with van der Waals surface area (Å²) in [5.41, 5.74) is 8.06. The number of H-pyrrole nitrogens is 1. The molecule has 0 bridgehead atoms. The molecule has 0 aliphatic heterocycles. The first-order valence-electron chi connectivity index (χ1n) is 7.23.